The van der Waals surface area contributed by atoms with E-state index in [-0.39, 0.29) is 0 Å². The monoisotopic (exact) mass is 524 g/mol. The molecule has 5 heterocycles. The number of hydrogen-bond acceptors (Lipinski definition) is 0. The Morgan fingerprint density at radius 2 is 1.62 bits per heavy atom. The lowest BCUT2D eigenvalue weighted by atomic mass is 9.78. The summed E-state index contributed by atoms with van der Waals surface area (Å²) >= 11 is 0. The largest absolute Gasteiger partial charge is 0.213 e. The zero-order valence-corrected chi connectivity index (χ0v) is 24.2. The Bertz CT molecular complexity index is 1570. The van der Waals surface area contributed by atoms with E-state index in [0.717, 1.165) is 38.6 Å². The number of aromatic nitrogens is 1. The van der Waals surface area contributed by atoms with Crippen LogP contribution in [0.4, 0.5) is 0 Å². The molecule has 0 spiro atoms. The first-order valence-corrected chi connectivity index (χ1v) is 15.3. The van der Waals surface area contributed by atoms with Crippen molar-refractivity contribution in [2.45, 2.75) is 71.3 Å². The van der Waals surface area contributed by atoms with Crippen molar-refractivity contribution in [2.24, 2.45) is 5.92 Å². The van der Waals surface area contributed by atoms with Crippen molar-refractivity contribution in [2.75, 3.05) is 0 Å². The smallest absolute Gasteiger partial charge is 0.191 e. The van der Waals surface area contributed by atoms with E-state index in [1.54, 1.807) is 0 Å². The van der Waals surface area contributed by atoms with E-state index >= 15 is 0 Å². The average Bonchev–Trinajstić information content (AvgIpc) is 2.99. The molecule has 4 aromatic rings. The number of allylic oxidation sites excluding steroid dienone is 5. The summed E-state index contributed by atoms with van der Waals surface area (Å²) in [6, 6.07) is 30.3. The van der Waals surface area contributed by atoms with Crippen molar-refractivity contribution in [3.8, 4) is 11.1 Å². The fourth-order valence-corrected chi connectivity index (χ4v) is 6.58. The van der Waals surface area contributed by atoms with Gasteiger partial charge in [0, 0.05) is 17.5 Å². The number of rotatable bonds is 8. The Balaban J connectivity index is 1.48. The van der Waals surface area contributed by atoms with E-state index in [1.807, 2.05) is 0 Å². The molecule has 1 aromatic heterocycles. The van der Waals surface area contributed by atoms with Gasteiger partial charge in [0.05, 0.1) is 5.92 Å². The average molecular weight is 525 g/mol. The Labute approximate surface area is 240 Å². The topological polar surface area (TPSA) is 3.88 Å². The highest BCUT2D eigenvalue weighted by Crippen LogP contribution is 2.38. The number of aryl methyl sites for hydroxylation is 2. The van der Waals surface area contributed by atoms with Crippen LogP contribution in [-0.4, -0.2) is 0 Å². The van der Waals surface area contributed by atoms with E-state index in [2.05, 4.69) is 122 Å². The molecule has 0 saturated carbocycles. The number of unbranched alkanes of at least 4 members (excludes halogenated alkanes) is 1. The number of nitrogens with zero attached hydrogens (tertiary/aromatic N) is 1. The van der Waals surface area contributed by atoms with Crippen LogP contribution in [0.5, 0.6) is 0 Å². The maximum absolute atomic E-state index is 4.49. The maximum Gasteiger partial charge on any atom is 0.213 e. The van der Waals surface area contributed by atoms with Gasteiger partial charge in [-0.05, 0) is 95.2 Å². The zero-order valence-electron chi connectivity index (χ0n) is 24.2. The molecule has 6 bridgehead atoms. The van der Waals surface area contributed by atoms with Crippen LogP contribution in [0.2, 0.25) is 0 Å². The zero-order chi connectivity index (χ0) is 27.5. The standard InChI is InChI=1S/C39H42N/c1-4-6-8-29-9-14-32(15-10-29)35-20-19-33-18-13-30-11-16-31(17-12-30)34-21-23-38-36(25-34)22-24-39(37(33)26-35)40(38)27-28(3)7-5-2/h9-12,14-17,19-26,33,37H,3-8,13,18,27H2,1-2H3/q+1. The fraction of sp³-hybridized carbons (Fsp3) is 0.308. The fourth-order valence-electron chi connectivity index (χ4n) is 6.58. The molecule has 3 aliphatic carbocycles. The van der Waals surface area contributed by atoms with Gasteiger partial charge in [-0.15, -0.1) is 0 Å². The number of hydrogen-bond donors (Lipinski definition) is 0. The quantitative estimate of drug-likeness (QED) is 0.159. The molecule has 11 rings (SSSR count). The van der Waals surface area contributed by atoms with Gasteiger partial charge in [-0.25, -0.2) is 0 Å². The lowest BCUT2D eigenvalue weighted by molar-refractivity contribution is -0.672. The van der Waals surface area contributed by atoms with Crippen molar-refractivity contribution in [1.82, 2.24) is 0 Å². The minimum atomic E-state index is 0.306. The molecule has 0 fully saturated rings. The molecular weight excluding hydrogens is 482 g/mol. The van der Waals surface area contributed by atoms with Crippen molar-refractivity contribution < 1.29 is 4.57 Å². The summed E-state index contributed by atoms with van der Waals surface area (Å²) in [7, 11) is 0. The second kappa shape index (κ2) is 11.8. The van der Waals surface area contributed by atoms with Gasteiger partial charge in [0.25, 0.3) is 0 Å². The van der Waals surface area contributed by atoms with Gasteiger partial charge in [0.15, 0.2) is 12.2 Å². The summed E-state index contributed by atoms with van der Waals surface area (Å²) in [5.41, 5.74) is 12.1. The molecule has 202 valence electrons. The van der Waals surface area contributed by atoms with Gasteiger partial charge in [-0.3, -0.25) is 0 Å². The van der Waals surface area contributed by atoms with Crippen LogP contribution in [0.1, 0.15) is 74.3 Å². The first-order chi connectivity index (χ1) is 19.6. The van der Waals surface area contributed by atoms with Gasteiger partial charge in [-0.2, -0.15) is 4.57 Å². The van der Waals surface area contributed by atoms with Gasteiger partial charge in [-0.1, -0.05) is 100 Å². The van der Waals surface area contributed by atoms with E-state index in [9.17, 15) is 0 Å². The van der Waals surface area contributed by atoms with Crippen LogP contribution < -0.4 is 4.57 Å². The van der Waals surface area contributed by atoms with Crippen LogP contribution in [-0.2, 0) is 19.4 Å². The number of pyridine rings is 1. The molecule has 1 heteroatoms. The minimum Gasteiger partial charge on any atom is -0.191 e. The predicted molar refractivity (Wildman–Crippen MR) is 170 cm³/mol. The molecule has 0 radical (unpaired) electrons. The molecule has 0 saturated heterocycles. The van der Waals surface area contributed by atoms with Crippen LogP contribution in [0.25, 0.3) is 27.6 Å². The molecule has 2 unspecified atom stereocenters. The Morgan fingerprint density at radius 3 is 2.40 bits per heavy atom. The van der Waals surface area contributed by atoms with E-state index in [0.29, 0.717) is 11.8 Å². The molecule has 2 atom stereocenters. The highest BCUT2D eigenvalue weighted by Gasteiger charge is 2.31. The molecular formula is C39H42N+. The summed E-state index contributed by atoms with van der Waals surface area (Å²) in [5, 5.41) is 1.29. The van der Waals surface area contributed by atoms with Gasteiger partial charge in [0.1, 0.15) is 0 Å². The molecule has 0 amide bonds. The molecule has 7 aliphatic rings. The Kier molecular flexibility index (Phi) is 7.82. The molecule has 0 N–H and O–H groups in total. The van der Waals surface area contributed by atoms with Gasteiger partial charge >= 0.3 is 0 Å². The number of benzene rings is 3. The van der Waals surface area contributed by atoms with E-state index in [4.69, 9.17) is 0 Å². The predicted octanol–water partition coefficient (Wildman–Crippen LogP) is 9.79. The third kappa shape index (κ3) is 5.48. The van der Waals surface area contributed by atoms with Crippen molar-refractivity contribution in [3.63, 3.8) is 0 Å². The van der Waals surface area contributed by atoms with E-state index < -0.39 is 0 Å². The third-order valence-electron chi connectivity index (χ3n) is 8.89. The van der Waals surface area contributed by atoms with E-state index in [1.165, 1.54) is 68.4 Å². The summed E-state index contributed by atoms with van der Waals surface area (Å²) < 4.78 is 2.57. The molecule has 40 heavy (non-hydrogen) atoms. The lowest BCUT2D eigenvalue weighted by Crippen LogP contribution is -2.42. The van der Waals surface area contributed by atoms with Crippen LogP contribution >= 0.6 is 0 Å². The second-order valence-corrected chi connectivity index (χ2v) is 11.8. The minimum absolute atomic E-state index is 0.306. The lowest BCUT2D eigenvalue weighted by Gasteiger charge is -2.26. The van der Waals surface area contributed by atoms with Crippen LogP contribution in [0, 0.1) is 5.92 Å². The first-order valence-electron chi connectivity index (χ1n) is 15.3. The third-order valence-corrected chi connectivity index (χ3v) is 8.89. The molecule has 1 nitrogen and oxygen atoms in total. The normalized spacial score (nSPS) is 17.8. The molecule has 3 aromatic carbocycles. The second-order valence-electron chi connectivity index (χ2n) is 11.8. The maximum atomic E-state index is 4.49. The van der Waals surface area contributed by atoms with Crippen molar-refractivity contribution >= 4 is 16.5 Å². The van der Waals surface area contributed by atoms with Crippen LogP contribution in [0.3, 0.4) is 0 Å². The Morgan fingerprint density at radius 1 is 0.850 bits per heavy atom. The van der Waals surface area contributed by atoms with Gasteiger partial charge in [0.2, 0.25) is 5.52 Å². The highest BCUT2D eigenvalue weighted by molar-refractivity contribution is 5.83. The first kappa shape index (κ1) is 26.5. The van der Waals surface area contributed by atoms with Crippen LogP contribution in [0.15, 0.2) is 109 Å². The van der Waals surface area contributed by atoms with Gasteiger partial charge < -0.3 is 0 Å². The molecule has 4 aliphatic heterocycles. The summed E-state index contributed by atoms with van der Waals surface area (Å²) in [4.78, 5) is 0. The SMILES string of the molecule is C=C(CCC)C[n+]1c2ccc3cc(ccc31)-c1ccc(cc1)CCC1C=CC(c3ccc(CCCC)cc3)=CC21. The summed E-state index contributed by atoms with van der Waals surface area (Å²) in [6.07, 6.45) is 15.5. The highest BCUT2D eigenvalue weighted by atomic mass is 15.0. The van der Waals surface area contributed by atoms with Crippen molar-refractivity contribution in [1.29, 1.82) is 0 Å². The van der Waals surface area contributed by atoms with Crippen molar-refractivity contribution in [3.05, 3.63) is 132 Å². The Hall–Kier alpha value is -3.71. The summed E-state index contributed by atoms with van der Waals surface area (Å²) in [6.45, 7) is 9.88. The summed E-state index contributed by atoms with van der Waals surface area (Å²) in [5.74, 6) is 0.748.